The lowest BCUT2D eigenvalue weighted by Gasteiger charge is -2.44. The van der Waals surface area contributed by atoms with E-state index in [1.807, 2.05) is 24.3 Å². The van der Waals surface area contributed by atoms with Crippen LogP contribution in [-0.2, 0) is 17.6 Å². The van der Waals surface area contributed by atoms with Gasteiger partial charge in [-0.3, -0.25) is 4.79 Å². The van der Waals surface area contributed by atoms with E-state index in [0.29, 0.717) is 0 Å². The number of fused-ring (bicyclic) bond motifs is 2. The van der Waals surface area contributed by atoms with Crippen molar-refractivity contribution < 1.29 is 4.79 Å². The molecule has 3 heterocycles. The zero-order valence-electron chi connectivity index (χ0n) is 14.1. The molecule has 1 aromatic carbocycles. The van der Waals surface area contributed by atoms with E-state index >= 15 is 0 Å². The zero-order valence-corrected chi connectivity index (χ0v) is 14.1. The van der Waals surface area contributed by atoms with Crippen molar-refractivity contribution >= 4 is 23.1 Å². The summed E-state index contributed by atoms with van der Waals surface area (Å²) in [6, 6.07) is 7.90. The Labute approximate surface area is 146 Å². The van der Waals surface area contributed by atoms with E-state index < -0.39 is 5.54 Å². The maximum Gasteiger partial charge on any atom is 0.250 e. The predicted molar refractivity (Wildman–Crippen MR) is 96.9 cm³/mol. The number of aromatic nitrogens is 2. The summed E-state index contributed by atoms with van der Waals surface area (Å²) in [6.07, 6.45) is 6.52. The maximum atomic E-state index is 12.7. The second kappa shape index (κ2) is 5.44. The van der Waals surface area contributed by atoms with Crippen LogP contribution in [0.4, 0.5) is 17.2 Å². The molecule has 1 aliphatic carbocycles. The van der Waals surface area contributed by atoms with E-state index in [1.165, 1.54) is 17.7 Å². The molecule has 2 N–H and O–H groups in total. The summed E-state index contributed by atoms with van der Waals surface area (Å²) < 4.78 is 0. The van der Waals surface area contributed by atoms with Crippen molar-refractivity contribution in [2.45, 2.75) is 37.6 Å². The summed E-state index contributed by atoms with van der Waals surface area (Å²) in [5.74, 6) is 1.16. The van der Waals surface area contributed by atoms with E-state index in [2.05, 4.69) is 25.5 Å². The highest BCUT2D eigenvalue weighted by molar-refractivity contribution is 6.06. The van der Waals surface area contributed by atoms with Gasteiger partial charge in [0.1, 0.15) is 17.7 Å². The topological polar surface area (TPSA) is 70.2 Å². The number of benzene rings is 1. The number of anilines is 3. The molecule has 1 fully saturated rings. The fourth-order valence-electron chi connectivity index (χ4n) is 4.32. The Morgan fingerprint density at radius 3 is 2.68 bits per heavy atom. The molecular formula is C19H21N5O. The Morgan fingerprint density at radius 1 is 1.04 bits per heavy atom. The number of nitrogens with zero attached hydrogens (tertiary/aromatic N) is 3. The quantitative estimate of drug-likeness (QED) is 0.837. The Hall–Kier alpha value is -2.63. The molecule has 1 aromatic heterocycles. The third kappa shape index (κ3) is 2.27. The number of amides is 1. The largest absolute Gasteiger partial charge is 0.369 e. The minimum atomic E-state index is -0.513. The normalized spacial score (nSPS) is 20.6. The lowest BCUT2D eigenvalue weighted by Crippen LogP contribution is -2.58. The van der Waals surface area contributed by atoms with Crippen LogP contribution >= 0.6 is 0 Å². The van der Waals surface area contributed by atoms with Gasteiger partial charge in [-0.15, -0.1) is 0 Å². The fraction of sp³-hybridized carbons (Fsp3) is 0.421. The lowest BCUT2D eigenvalue weighted by atomic mass is 9.84. The number of hydrogen-bond donors (Lipinski definition) is 2. The van der Waals surface area contributed by atoms with Crippen molar-refractivity contribution in [2.75, 3.05) is 28.6 Å². The number of piperidine rings is 1. The van der Waals surface area contributed by atoms with Gasteiger partial charge in [-0.25, -0.2) is 9.97 Å². The monoisotopic (exact) mass is 335 g/mol. The van der Waals surface area contributed by atoms with Crippen LogP contribution in [0.5, 0.6) is 0 Å². The van der Waals surface area contributed by atoms with Crippen LogP contribution in [0.3, 0.4) is 0 Å². The van der Waals surface area contributed by atoms with Crippen molar-refractivity contribution in [3.63, 3.8) is 0 Å². The van der Waals surface area contributed by atoms with Crippen LogP contribution < -0.4 is 15.5 Å². The number of para-hydroxylation sites is 2. The third-order valence-electron chi connectivity index (χ3n) is 5.75. The molecule has 0 atom stereocenters. The standard InChI is InChI=1S/C19H21N5O/c25-18-19(23-16-6-2-1-5-15(16)22-18)8-10-24(11-9-19)17-13-4-3-7-14(13)20-12-21-17/h1-2,5-6,12,23H,3-4,7-11H2,(H,22,25). The van der Waals surface area contributed by atoms with Crippen molar-refractivity contribution in [1.29, 1.82) is 0 Å². The van der Waals surface area contributed by atoms with Crippen LogP contribution in [0.25, 0.3) is 0 Å². The molecule has 1 saturated heterocycles. The van der Waals surface area contributed by atoms with Gasteiger partial charge in [0.05, 0.1) is 11.4 Å². The van der Waals surface area contributed by atoms with E-state index in [4.69, 9.17) is 0 Å². The molecule has 2 aromatic rings. The molecule has 2 aliphatic heterocycles. The number of rotatable bonds is 1. The van der Waals surface area contributed by atoms with Crippen molar-refractivity contribution in [1.82, 2.24) is 9.97 Å². The van der Waals surface area contributed by atoms with Crippen LogP contribution in [0.15, 0.2) is 30.6 Å². The number of nitrogens with one attached hydrogen (secondary N) is 2. The molecule has 6 nitrogen and oxygen atoms in total. The highest BCUT2D eigenvalue weighted by Gasteiger charge is 2.44. The fourth-order valence-corrected chi connectivity index (χ4v) is 4.32. The average Bonchev–Trinajstić information content (AvgIpc) is 3.12. The third-order valence-corrected chi connectivity index (χ3v) is 5.75. The molecule has 0 radical (unpaired) electrons. The molecule has 6 heteroatoms. The van der Waals surface area contributed by atoms with Gasteiger partial charge in [0.25, 0.3) is 0 Å². The molecule has 25 heavy (non-hydrogen) atoms. The van der Waals surface area contributed by atoms with Gasteiger partial charge in [-0.05, 0) is 44.2 Å². The van der Waals surface area contributed by atoms with Gasteiger partial charge in [0.2, 0.25) is 5.91 Å². The summed E-state index contributed by atoms with van der Waals surface area (Å²) in [5.41, 5.74) is 3.88. The predicted octanol–water partition coefficient (Wildman–Crippen LogP) is 2.37. The molecule has 1 amide bonds. The van der Waals surface area contributed by atoms with E-state index in [1.54, 1.807) is 6.33 Å². The Balaban J connectivity index is 1.38. The Morgan fingerprint density at radius 2 is 1.84 bits per heavy atom. The van der Waals surface area contributed by atoms with Crippen molar-refractivity contribution in [3.05, 3.63) is 41.9 Å². The van der Waals surface area contributed by atoms with Gasteiger partial charge in [-0.1, -0.05) is 12.1 Å². The number of aryl methyl sites for hydroxylation is 1. The maximum absolute atomic E-state index is 12.7. The summed E-state index contributed by atoms with van der Waals surface area (Å²) in [6.45, 7) is 1.65. The molecule has 0 unspecified atom stereocenters. The molecule has 1 spiro atoms. The molecule has 5 rings (SSSR count). The number of carbonyl (C=O) groups excluding carboxylic acids is 1. The summed E-state index contributed by atoms with van der Waals surface area (Å²) in [5, 5.41) is 6.59. The Kier molecular flexibility index (Phi) is 3.20. The first-order chi connectivity index (χ1) is 12.3. The highest BCUT2D eigenvalue weighted by atomic mass is 16.2. The van der Waals surface area contributed by atoms with E-state index in [9.17, 15) is 4.79 Å². The molecule has 3 aliphatic rings. The van der Waals surface area contributed by atoms with Crippen molar-refractivity contribution in [2.24, 2.45) is 0 Å². The minimum absolute atomic E-state index is 0.0822. The van der Waals surface area contributed by atoms with Gasteiger partial charge in [0, 0.05) is 24.3 Å². The number of hydrogen-bond acceptors (Lipinski definition) is 5. The van der Waals surface area contributed by atoms with E-state index in [0.717, 1.165) is 56.0 Å². The zero-order chi connectivity index (χ0) is 16.9. The van der Waals surface area contributed by atoms with Crippen LogP contribution in [0.1, 0.15) is 30.5 Å². The van der Waals surface area contributed by atoms with Gasteiger partial charge >= 0.3 is 0 Å². The summed E-state index contributed by atoms with van der Waals surface area (Å²) >= 11 is 0. The minimum Gasteiger partial charge on any atom is -0.369 e. The smallest absolute Gasteiger partial charge is 0.250 e. The summed E-state index contributed by atoms with van der Waals surface area (Å²) in [7, 11) is 0. The van der Waals surface area contributed by atoms with E-state index in [-0.39, 0.29) is 5.91 Å². The van der Waals surface area contributed by atoms with Gasteiger partial charge < -0.3 is 15.5 Å². The van der Waals surface area contributed by atoms with Crippen LogP contribution in [-0.4, -0.2) is 34.5 Å². The second-order valence-corrected chi connectivity index (χ2v) is 7.17. The summed E-state index contributed by atoms with van der Waals surface area (Å²) in [4.78, 5) is 24.0. The van der Waals surface area contributed by atoms with Crippen molar-refractivity contribution in [3.8, 4) is 0 Å². The molecule has 0 bridgehead atoms. The van der Waals surface area contributed by atoms with Crippen LogP contribution in [0, 0.1) is 0 Å². The SMILES string of the molecule is O=C1Nc2ccccc2NC12CCN(c1ncnc3c1CCC3)CC2. The first-order valence-electron chi connectivity index (χ1n) is 9.02. The van der Waals surface area contributed by atoms with Crippen LogP contribution in [0.2, 0.25) is 0 Å². The first kappa shape index (κ1) is 14.7. The number of carbonyl (C=O) groups is 1. The van der Waals surface area contributed by atoms with Gasteiger partial charge in [0.15, 0.2) is 0 Å². The average molecular weight is 335 g/mol. The first-order valence-corrected chi connectivity index (χ1v) is 9.02. The molecule has 0 saturated carbocycles. The second-order valence-electron chi connectivity index (χ2n) is 7.17. The Bertz CT molecular complexity index is 841. The molecular weight excluding hydrogens is 314 g/mol. The lowest BCUT2D eigenvalue weighted by molar-refractivity contribution is -0.121. The van der Waals surface area contributed by atoms with Gasteiger partial charge in [-0.2, -0.15) is 0 Å². The molecule has 128 valence electrons. The highest BCUT2D eigenvalue weighted by Crippen LogP contribution is 2.38.